The van der Waals surface area contributed by atoms with Gasteiger partial charge >= 0.3 is 0 Å². The number of carbonyl (C=O) groups is 1. The number of hydrogen-bond donors (Lipinski definition) is 2. The van der Waals surface area contributed by atoms with Crippen LogP contribution in [0.2, 0.25) is 10.0 Å². The molecule has 1 heterocycles. The van der Waals surface area contributed by atoms with E-state index >= 15 is 0 Å². The van der Waals surface area contributed by atoms with Gasteiger partial charge in [-0.1, -0.05) is 35.3 Å². The third-order valence-electron chi connectivity index (χ3n) is 5.56. The maximum atomic E-state index is 13.6. The Morgan fingerprint density at radius 3 is 2.47 bits per heavy atom. The minimum atomic E-state index is -3.85. The third-order valence-corrected chi connectivity index (χ3v) is 8.52. The second kappa shape index (κ2) is 11.1. The zero-order valence-electron chi connectivity index (χ0n) is 17.4. The summed E-state index contributed by atoms with van der Waals surface area (Å²) in [7, 11) is -3.85. The maximum absolute atomic E-state index is 13.6. The van der Waals surface area contributed by atoms with E-state index in [0.717, 1.165) is 0 Å². The summed E-state index contributed by atoms with van der Waals surface area (Å²) in [4.78, 5) is 12.1. The van der Waals surface area contributed by atoms with Gasteiger partial charge in [-0.3, -0.25) is 9.52 Å². The number of alkyl halides is 1. The second-order valence-corrected chi connectivity index (χ2v) is 11.0. The number of sulfonamides is 1. The van der Waals surface area contributed by atoms with Crippen LogP contribution in [0.25, 0.3) is 0 Å². The number of ether oxygens (including phenoxy) is 1. The number of Topliss-reactive ketones (excluding diaryl/α,β-unsaturated/α-hetero) is 1. The molecular formula is C22H25Cl3N2O4S. The van der Waals surface area contributed by atoms with Gasteiger partial charge in [-0.2, -0.15) is 0 Å². The van der Waals surface area contributed by atoms with E-state index in [4.69, 9.17) is 39.5 Å². The van der Waals surface area contributed by atoms with Crippen LogP contribution in [-0.2, 0) is 14.8 Å². The molecule has 0 unspecified atom stereocenters. The van der Waals surface area contributed by atoms with Gasteiger partial charge in [-0.15, -0.1) is 11.6 Å². The Balaban J connectivity index is 1.86. The van der Waals surface area contributed by atoms with E-state index in [9.17, 15) is 13.2 Å². The van der Waals surface area contributed by atoms with Crippen LogP contribution in [-0.4, -0.2) is 37.9 Å². The SMILES string of the molecule is O=C(CCCl)CCC1(S(=O)(=O)Nc2ccccc2Oc2ccc(Cl)cc2Cl)CCNCC1. The van der Waals surface area contributed by atoms with Crippen LogP contribution in [0.1, 0.15) is 32.1 Å². The lowest BCUT2D eigenvalue weighted by molar-refractivity contribution is -0.118. The molecule has 2 aromatic rings. The number of carbonyl (C=O) groups excluding carboxylic acids is 1. The van der Waals surface area contributed by atoms with Crippen molar-refractivity contribution in [1.29, 1.82) is 0 Å². The minimum Gasteiger partial charge on any atom is -0.454 e. The first-order valence-corrected chi connectivity index (χ1v) is 13.1. The number of benzene rings is 2. The summed E-state index contributed by atoms with van der Waals surface area (Å²) in [6, 6.07) is 11.5. The van der Waals surface area contributed by atoms with Crippen LogP contribution >= 0.6 is 34.8 Å². The van der Waals surface area contributed by atoms with Crippen LogP contribution in [0.4, 0.5) is 5.69 Å². The highest BCUT2D eigenvalue weighted by molar-refractivity contribution is 7.94. The molecular weight excluding hydrogens is 495 g/mol. The zero-order valence-corrected chi connectivity index (χ0v) is 20.5. The normalized spacial score (nSPS) is 15.8. The molecule has 1 fully saturated rings. The summed E-state index contributed by atoms with van der Waals surface area (Å²) in [5.74, 6) is 0.860. The molecule has 3 rings (SSSR count). The van der Waals surface area contributed by atoms with Gasteiger partial charge in [0.25, 0.3) is 0 Å². The molecule has 2 N–H and O–H groups in total. The van der Waals surface area contributed by atoms with Crippen LogP contribution in [0.3, 0.4) is 0 Å². The lowest BCUT2D eigenvalue weighted by Gasteiger charge is -2.37. The molecule has 0 aromatic heterocycles. The number of ketones is 1. The van der Waals surface area contributed by atoms with Crippen LogP contribution in [0, 0.1) is 0 Å². The molecule has 10 heteroatoms. The Bertz CT molecular complexity index is 1060. The number of piperidine rings is 1. The van der Waals surface area contributed by atoms with Crippen LogP contribution in [0.5, 0.6) is 11.5 Å². The molecule has 0 saturated carbocycles. The number of hydrogen-bond acceptors (Lipinski definition) is 5. The summed E-state index contributed by atoms with van der Waals surface area (Å²) < 4.78 is 34.7. The van der Waals surface area contributed by atoms with Crippen molar-refractivity contribution in [1.82, 2.24) is 5.32 Å². The molecule has 174 valence electrons. The van der Waals surface area contributed by atoms with Gasteiger partial charge in [0.05, 0.1) is 15.5 Å². The van der Waals surface area contributed by atoms with E-state index in [0.29, 0.717) is 53.2 Å². The fourth-order valence-corrected chi connectivity index (χ4v) is 6.15. The summed E-state index contributed by atoms with van der Waals surface area (Å²) in [5.41, 5.74) is 0.295. The Morgan fingerprint density at radius 1 is 1.06 bits per heavy atom. The number of halogens is 3. The molecule has 1 saturated heterocycles. The van der Waals surface area contributed by atoms with Gasteiger partial charge in [0.15, 0.2) is 5.75 Å². The molecule has 1 aliphatic rings. The highest BCUT2D eigenvalue weighted by Crippen LogP contribution is 2.39. The average molecular weight is 520 g/mol. The van der Waals surface area contributed by atoms with Gasteiger partial charge in [0, 0.05) is 23.7 Å². The van der Waals surface area contributed by atoms with E-state index in [1.807, 2.05) is 0 Å². The third kappa shape index (κ3) is 6.08. The summed E-state index contributed by atoms with van der Waals surface area (Å²) >= 11 is 17.8. The fourth-order valence-electron chi connectivity index (χ4n) is 3.70. The molecule has 0 atom stereocenters. The lowest BCUT2D eigenvalue weighted by atomic mass is 9.90. The Labute approximate surface area is 203 Å². The van der Waals surface area contributed by atoms with Crippen molar-refractivity contribution < 1.29 is 17.9 Å². The molecule has 1 aliphatic heterocycles. The van der Waals surface area contributed by atoms with Gasteiger partial charge in [-0.05, 0) is 62.7 Å². The Hall–Kier alpha value is -1.51. The van der Waals surface area contributed by atoms with E-state index in [1.54, 1.807) is 42.5 Å². The van der Waals surface area contributed by atoms with Crippen molar-refractivity contribution in [3.8, 4) is 11.5 Å². The predicted octanol–water partition coefficient (Wildman–Crippen LogP) is 5.63. The highest BCUT2D eigenvalue weighted by atomic mass is 35.5. The molecule has 0 amide bonds. The fraction of sp³-hybridized carbons (Fsp3) is 0.409. The van der Waals surface area contributed by atoms with E-state index in [-0.39, 0.29) is 30.9 Å². The largest absolute Gasteiger partial charge is 0.454 e. The Kier molecular flexibility index (Phi) is 8.69. The molecule has 2 aromatic carbocycles. The minimum absolute atomic E-state index is 0.0331. The first-order valence-electron chi connectivity index (χ1n) is 10.3. The van der Waals surface area contributed by atoms with Crippen LogP contribution < -0.4 is 14.8 Å². The molecule has 0 spiro atoms. The zero-order chi connectivity index (χ0) is 23.2. The molecule has 0 radical (unpaired) electrons. The van der Waals surface area contributed by atoms with Crippen molar-refractivity contribution in [2.24, 2.45) is 0 Å². The topological polar surface area (TPSA) is 84.5 Å². The number of rotatable bonds is 10. The van der Waals surface area contributed by atoms with Crippen molar-refractivity contribution >= 4 is 56.3 Å². The van der Waals surface area contributed by atoms with Gasteiger partial charge in [-0.25, -0.2) is 8.42 Å². The van der Waals surface area contributed by atoms with E-state index < -0.39 is 14.8 Å². The average Bonchev–Trinajstić information content (AvgIpc) is 2.76. The highest BCUT2D eigenvalue weighted by Gasteiger charge is 2.45. The van der Waals surface area contributed by atoms with Crippen molar-refractivity contribution in [3.05, 3.63) is 52.5 Å². The van der Waals surface area contributed by atoms with Crippen molar-refractivity contribution in [3.63, 3.8) is 0 Å². The van der Waals surface area contributed by atoms with E-state index in [2.05, 4.69) is 10.0 Å². The molecule has 32 heavy (non-hydrogen) atoms. The predicted molar refractivity (Wildman–Crippen MR) is 130 cm³/mol. The number of nitrogens with one attached hydrogen (secondary N) is 2. The monoisotopic (exact) mass is 518 g/mol. The number of anilines is 1. The summed E-state index contributed by atoms with van der Waals surface area (Å²) in [6.45, 7) is 1.12. The summed E-state index contributed by atoms with van der Waals surface area (Å²) in [6.07, 6.45) is 1.46. The first kappa shape index (κ1) is 25.1. The second-order valence-electron chi connectivity index (χ2n) is 7.69. The standard InChI is InChI=1S/C22H25Cl3N2O4S/c23-12-8-17(28)7-9-22(10-13-26-14-11-22)32(29,30)27-19-3-1-2-4-21(19)31-20-6-5-16(24)15-18(20)25/h1-6,15,26-27H,7-14H2. The quantitative estimate of drug-likeness (QED) is 0.398. The summed E-state index contributed by atoms with van der Waals surface area (Å²) in [5, 5.41) is 3.97. The Morgan fingerprint density at radius 2 is 1.78 bits per heavy atom. The van der Waals surface area contributed by atoms with Gasteiger partial charge in [0.2, 0.25) is 10.0 Å². The smallest absolute Gasteiger partial charge is 0.238 e. The van der Waals surface area contributed by atoms with E-state index in [1.165, 1.54) is 0 Å². The molecule has 0 bridgehead atoms. The van der Waals surface area contributed by atoms with Crippen molar-refractivity contribution in [2.75, 3.05) is 23.7 Å². The number of para-hydroxylation sites is 2. The first-order chi connectivity index (χ1) is 15.3. The molecule has 6 nitrogen and oxygen atoms in total. The molecule has 0 aliphatic carbocycles. The van der Waals surface area contributed by atoms with Gasteiger partial charge in [0.1, 0.15) is 11.5 Å². The van der Waals surface area contributed by atoms with Crippen LogP contribution in [0.15, 0.2) is 42.5 Å². The van der Waals surface area contributed by atoms with Gasteiger partial charge < -0.3 is 10.1 Å². The maximum Gasteiger partial charge on any atom is 0.238 e. The lowest BCUT2D eigenvalue weighted by Crippen LogP contribution is -2.50. The van der Waals surface area contributed by atoms with Crippen molar-refractivity contribution in [2.45, 2.75) is 36.9 Å².